The smallest absolute Gasteiger partial charge is 0.258 e. The molecule has 0 unspecified atom stereocenters. The van der Waals surface area contributed by atoms with Crippen LogP contribution < -0.4 is 5.43 Å². The summed E-state index contributed by atoms with van der Waals surface area (Å²) in [5.41, 5.74) is 6.77. The minimum atomic E-state index is -3.83. The molecule has 1 saturated heterocycles. The Morgan fingerprint density at radius 2 is 1.76 bits per heavy atom. The van der Waals surface area contributed by atoms with Crippen LogP contribution in [0.15, 0.2) is 88.9 Å². The maximum Gasteiger partial charge on any atom is 0.258 e. The van der Waals surface area contributed by atoms with Crippen LogP contribution in [0.5, 0.6) is 0 Å². The molecule has 7 nitrogen and oxygen atoms in total. The lowest BCUT2D eigenvalue weighted by Crippen LogP contribution is -2.44. The van der Waals surface area contributed by atoms with Crippen molar-refractivity contribution in [3.8, 4) is 0 Å². The summed E-state index contributed by atoms with van der Waals surface area (Å²) in [4.78, 5) is 13.1. The molecule has 0 spiro atoms. The minimum Gasteiger partial charge on any atom is -0.340 e. The molecule has 5 rings (SSSR count). The molecular formula is C28H27ClN4O3S. The molecule has 2 heterocycles. The van der Waals surface area contributed by atoms with Gasteiger partial charge in [0.2, 0.25) is 10.0 Å². The van der Waals surface area contributed by atoms with E-state index >= 15 is 0 Å². The summed E-state index contributed by atoms with van der Waals surface area (Å²) in [6.45, 7) is 3.02. The van der Waals surface area contributed by atoms with Crippen LogP contribution in [-0.4, -0.2) is 42.0 Å². The highest BCUT2D eigenvalue weighted by atomic mass is 35.5. The van der Waals surface area contributed by atoms with Gasteiger partial charge in [0.1, 0.15) is 6.04 Å². The maximum absolute atomic E-state index is 13.2. The van der Waals surface area contributed by atoms with E-state index in [0.717, 1.165) is 22.2 Å². The van der Waals surface area contributed by atoms with E-state index in [9.17, 15) is 13.2 Å². The lowest BCUT2D eigenvalue weighted by molar-refractivity contribution is -0.124. The molecule has 3 aromatic carbocycles. The molecule has 1 aromatic heterocycles. The average molecular weight is 535 g/mol. The second kappa shape index (κ2) is 10.5. The van der Waals surface area contributed by atoms with Crippen LogP contribution in [-0.2, 0) is 21.4 Å². The number of para-hydroxylation sites is 1. The predicted octanol–water partition coefficient (Wildman–Crippen LogP) is 4.95. The summed E-state index contributed by atoms with van der Waals surface area (Å²) in [6, 6.07) is 23.4. The van der Waals surface area contributed by atoms with E-state index in [1.165, 1.54) is 34.1 Å². The molecule has 1 aliphatic heterocycles. The van der Waals surface area contributed by atoms with Crippen LogP contribution in [0.3, 0.4) is 0 Å². The van der Waals surface area contributed by atoms with Gasteiger partial charge in [-0.3, -0.25) is 4.79 Å². The minimum absolute atomic E-state index is 0.113. The molecule has 0 saturated carbocycles. The summed E-state index contributed by atoms with van der Waals surface area (Å²) in [7, 11) is -3.83. The number of hydrazone groups is 1. The van der Waals surface area contributed by atoms with Gasteiger partial charge in [0.15, 0.2) is 0 Å². The van der Waals surface area contributed by atoms with Gasteiger partial charge in [-0.05, 0) is 55.7 Å². The number of carbonyl (C=O) groups is 1. The first-order valence-corrected chi connectivity index (χ1v) is 13.9. The van der Waals surface area contributed by atoms with Crippen molar-refractivity contribution in [3.63, 3.8) is 0 Å². The molecule has 0 aliphatic carbocycles. The van der Waals surface area contributed by atoms with Crippen molar-refractivity contribution >= 4 is 44.6 Å². The number of sulfonamides is 1. The molecule has 0 radical (unpaired) electrons. The lowest BCUT2D eigenvalue weighted by atomic mass is 10.1. The molecule has 37 heavy (non-hydrogen) atoms. The summed E-state index contributed by atoms with van der Waals surface area (Å²) < 4.78 is 29.8. The van der Waals surface area contributed by atoms with Gasteiger partial charge in [0.05, 0.1) is 11.1 Å². The van der Waals surface area contributed by atoms with Gasteiger partial charge in [-0.1, -0.05) is 60.1 Å². The second-order valence-corrected chi connectivity index (χ2v) is 11.4. The number of amides is 1. The zero-order valence-corrected chi connectivity index (χ0v) is 21.9. The van der Waals surface area contributed by atoms with Gasteiger partial charge < -0.3 is 4.57 Å². The van der Waals surface area contributed by atoms with E-state index in [1.54, 1.807) is 6.21 Å². The Balaban J connectivity index is 1.36. The number of aromatic nitrogens is 1. The summed E-state index contributed by atoms with van der Waals surface area (Å²) in [5.74, 6) is -0.447. The first-order chi connectivity index (χ1) is 17.9. The average Bonchev–Trinajstić information content (AvgIpc) is 3.50. The molecule has 4 aromatic rings. The van der Waals surface area contributed by atoms with Crippen LogP contribution in [0, 0.1) is 6.92 Å². The summed E-state index contributed by atoms with van der Waals surface area (Å²) in [6.07, 6.45) is 2.67. The first kappa shape index (κ1) is 25.2. The highest BCUT2D eigenvalue weighted by molar-refractivity contribution is 7.89. The van der Waals surface area contributed by atoms with Crippen molar-refractivity contribution in [1.29, 1.82) is 0 Å². The number of nitrogens with zero attached hydrogens (tertiary/aromatic N) is 3. The SMILES string of the molecule is Cc1c(/C=N\NC(=O)[C@H]2CCCN2S(=O)(=O)c2ccc(Cl)cc2)c2ccccc2n1Cc1ccccc1. The Kier molecular flexibility index (Phi) is 7.15. The zero-order valence-electron chi connectivity index (χ0n) is 20.3. The van der Waals surface area contributed by atoms with Crippen molar-refractivity contribution in [3.05, 3.63) is 101 Å². The molecule has 190 valence electrons. The number of carbonyl (C=O) groups excluding carboxylic acids is 1. The monoisotopic (exact) mass is 534 g/mol. The second-order valence-electron chi connectivity index (χ2n) is 9.05. The molecule has 1 atom stereocenters. The number of benzene rings is 3. The lowest BCUT2D eigenvalue weighted by Gasteiger charge is -2.22. The number of fused-ring (bicyclic) bond motifs is 1. The number of rotatable bonds is 7. The third-order valence-corrected chi connectivity index (χ3v) is 8.93. The zero-order chi connectivity index (χ0) is 26.0. The highest BCUT2D eigenvalue weighted by Gasteiger charge is 2.39. The third-order valence-electron chi connectivity index (χ3n) is 6.76. The van der Waals surface area contributed by atoms with Gasteiger partial charge in [0, 0.05) is 40.3 Å². The Morgan fingerprint density at radius 3 is 2.51 bits per heavy atom. The van der Waals surface area contributed by atoms with Crippen molar-refractivity contribution in [2.24, 2.45) is 5.10 Å². The van der Waals surface area contributed by atoms with Crippen molar-refractivity contribution in [2.75, 3.05) is 6.54 Å². The third kappa shape index (κ3) is 5.05. The van der Waals surface area contributed by atoms with Crippen molar-refractivity contribution in [2.45, 2.75) is 37.2 Å². The topological polar surface area (TPSA) is 83.8 Å². The Labute approximate surface area is 221 Å². The van der Waals surface area contributed by atoms with E-state index in [1.807, 2.05) is 43.3 Å². The first-order valence-electron chi connectivity index (χ1n) is 12.1. The van der Waals surface area contributed by atoms with E-state index in [-0.39, 0.29) is 11.4 Å². The number of halogens is 1. The Morgan fingerprint density at radius 1 is 1.05 bits per heavy atom. The quantitative estimate of drug-likeness (QED) is 0.269. The van der Waals surface area contributed by atoms with E-state index in [4.69, 9.17) is 11.6 Å². The fourth-order valence-corrected chi connectivity index (χ4v) is 6.64. The van der Waals surface area contributed by atoms with Crippen molar-refractivity contribution < 1.29 is 13.2 Å². The molecule has 9 heteroatoms. The Bertz CT molecular complexity index is 1560. The van der Waals surface area contributed by atoms with Crippen LogP contribution in [0.25, 0.3) is 10.9 Å². The van der Waals surface area contributed by atoms with Crippen LogP contribution >= 0.6 is 11.6 Å². The molecule has 1 aliphatic rings. The normalized spacial score (nSPS) is 16.5. The summed E-state index contributed by atoms with van der Waals surface area (Å²) in [5, 5.41) is 5.72. The van der Waals surface area contributed by atoms with Crippen LogP contribution in [0.4, 0.5) is 0 Å². The standard InChI is InChI=1S/C28H27ClN4O3S/c1-20-25(24-10-5-6-11-26(24)32(20)19-21-8-3-2-4-9-21)18-30-31-28(34)27-12-7-17-33(27)37(35,36)23-15-13-22(29)14-16-23/h2-6,8-11,13-16,18,27H,7,12,17,19H2,1H3,(H,31,34)/b30-18-/t27-/m1/s1. The fourth-order valence-electron chi connectivity index (χ4n) is 4.86. The van der Waals surface area contributed by atoms with Gasteiger partial charge >= 0.3 is 0 Å². The Hall–Kier alpha value is -3.46. The molecule has 1 amide bonds. The van der Waals surface area contributed by atoms with Crippen molar-refractivity contribution in [1.82, 2.24) is 14.3 Å². The molecular weight excluding hydrogens is 508 g/mol. The number of hydrogen-bond donors (Lipinski definition) is 1. The fraction of sp³-hybridized carbons (Fsp3) is 0.214. The van der Waals surface area contributed by atoms with E-state index in [0.29, 0.717) is 24.4 Å². The maximum atomic E-state index is 13.2. The predicted molar refractivity (Wildman–Crippen MR) is 146 cm³/mol. The molecule has 1 fully saturated rings. The largest absolute Gasteiger partial charge is 0.340 e. The number of nitrogens with one attached hydrogen (secondary N) is 1. The van der Waals surface area contributed by atoms with E-state index in [2.05, 4.69) is 33.3 Å². The summed E-state index contributed by atoms with van der Waals surface area (Å²) >= 11 is 5.91. The van der Waals surface area contributed by atoms with Gasteiger partial charge in [-0.15, -0.1) is 0 Å². The van der Waals surface area contributed by atoms with Crippen LogP contribution in [0.2, 0.25) is 5.02 Å². The molecule has 0 bridgehead atoms. The van der Waals surface area contributed by atoms with E-state index < -0.39 is 22.0 Å². The number of hydrogen-bond acceptors (Lipinski definition) is 4. The van der Waals surface area contributed by atoms with Gasteiger partial charge in [0.25, 0.3) is 5.91 Å². The van der Waals surface area contributed by atoms with Gasteiger partial charge in [-0.25, -0.2) is 13.8 Å². The highest BCUT2D eigenvalue weighted by Crippen LogP contribution is 2.28. The molecule has 1 N–H and O–H groups in total. The van der Waals surface area contributed by atoms with Crippen LogP contribution in [0.1, 0.15) is 29.7 Å². The van der Waals surface area contributed by atoms with Gasteiger partial charge in [-0.2, -0.15) is 9.41 Å².